The van der Waals surface area contributed by atoms with Crippen LogP contribution in [0.4, 0.5) is 0 Å². The third-order valence-electron chi connectivity index (χ3n) is 3.28. The first-order valence-corrected chi connectivity index (χ1v) is 7.58. The minimum atomic E-state index is -0.610. The maximum absolute atomic E-state index is 12.3. The summed E-state index contributed by atoms with van der Waals surface area (Å²) in [5, 5.41) is 9.96. The summed E-state index contributed by atoms with van der Waals surface area (Å²) in [6.07, 6.45) is 1.62. The second kappa shape index (κ2) is 8.80. The number of nitrogens with two attached hydrogens (primary N) is 1. The fourth-order valence-electron chi connectivity index (χ4n) is 2.07. The Morgan fingerprint density at radius 1 is 1.04 bits per heavy atom. The Labute approximate surface area is 135 Å². The van der Waals surface area contributed by atoms with E-state index in [4.69, 9.17) is 15.2 Å². The number of phenolic OH excluding ortho intramolecular Hbond substituents is 1. The third-order valence-corrected chi connectivity index (χ3v) is 3.28. The van der Waals surface area contributed by atoms with E-state index >= 15 is 0 Å². The molecular formula is C18H21NO4. The molecule has 0 aliphatic rings. The second-order valence-corrected chi connectivity index (χ2v) is 5.06. The SMILES string of the molecule is NCCCCOc1cccc(O)c1C(=O)OCc1ccccc1. The number of unbranched alkanes of at least 4 members (excludes halogenated alkanes) is 1. The van der Waals surface area contributed by atoms with Gasteiger partial charge in [0.15, 0.2) is 0 Å². The number of carbonyl (C=O) groups is 1. The Morgan fingerprint density at radius 2 is 1.83 bits per heavy atom. The Hall–Kier alpha value is -2.53. The van der Waals surface area contributed by atoms with Gasteiger partial charge in [0.05, 0.1) is 6.61 Å². The lowest BCUT2D eigenvalue weighted by molar-refractivity contribution is 0.0464. The number of ether oxygens (including phenoxy) is 2. The fraction of sp³-hybridized carbons (Fsp3) is 0.278. The molecule has 0 amide bonds. The Balaban J connectivity index is 2.03. The van der Waals surface area contributed by atoms with E-state index in [-0.39, 0.29) is 17.9 Å². The zero-order valence-electron chi connectivity index (χ0n) is 12.9. The van der Waals surface area contributed by atoms with Crippen molar-refractivity contribution in [3.05, 3.63) is 59.7 Å². The van der Waals surface area contributed by atoms with Crippen LogP contribution < -0.4 is 10.5 Å². The number of benzene rings is 2. The number of aromatic hydroxyl groups is 1. The molecule has 0 bridgehead atoms. The highest BCUT2D eigenvalue weighted by molar-refractivity contribution is 5.95. The molecule has 122 valence electrons. The van der Waals surface area contributed by atoms with E-state index in [0.29, 0.717) is 18.9 Å². The standard InChI is InChI=1S/C18H21NO4/c19-11-4-5-12-22-16-10-6-9-15(20)17(16)18(21)23-13-14-7-2-1-3-8-14/h1-3,6-10,20H,4-5,11-13,19H2. The molecule has 2 aromatic carbocycles. The first kappa shape index (κ1) is 16.8. The topological polar surface area (TPSA) is 81.8 Å². The number of esters is 1. The molecule has 2 rings (SSSR count). The van der Waals surface area contributed by atoms with Gasteiger partial charge in [-0.3, -0.25) is 0 Å². The van der Waals surface area contributed by atoms with E-state index in [2.05, 4.69) is 0 Å². The molecule has 0 radical (unpaired) electrons. The molecule has 0 unspecified atom stereocenters. The summed E-state index contributed by atoms with van der Waals surface area (Å²) in [6, 6.07) is 14.1. The molecule has 5 nitrogen and oxygen atoms in total. The van der Waals surface area contributed by atoms with E-state index in [9.17, 15) is 9.90 Å². The van der Waals surface area contributed by atoms with E-state index in [1.54, 1.807) is 12.1 Å². The summed E-state index contributed by atoms with van der Waals surface area (Å²) >= 11 is 0. The smallest absolute Gasteiger partial charge is 0.346 e. The van der Waals surface area contributed by atoms with Gasteiger partial charge in [-0.15, -0.1) is 0 Å². The summed E-state index contributed by atoms with van der Waals surface area (Å²) in [5.74, 6) is -0.444. The van der Waals surface area contributed by atoms with Gasteiger partial charge in [0, 0.05) is 0 Å². The van der Waals surface area contributed by atoms with Crippen LogP contribution in [0.2, 0.25) is 0 Å². The fourth-order valence-corrected chi connectivity index (χ4v) is 2.07. The maximum atomic E-state index is 12.3. The van der Waals surface area contributed by atoms with Crippen LogP contribution in [0.15, 0.2) is 48.5 Å². The van der Waals surface area contributed by atoms with Gasteiger partial charge in [-0.2, -0.15) is 0 Å². The monoisotopic (exact) mass is 315 g/mol. The lowest BCUT2D eigenvalue weighted by Gasteiger charge is -2.12. The van der Waals surface area contributed by atoms with E-state index in [1.807, 2.05) is 30.3 Å². The van der Waals surface area contributed by atoms with Gasteiger partial charge in [-0.1, -0.05) is 36.4 Å². The first-order valence-electron chi connectivity index (χ1n) is 7.58. The van der Waals surface area contributed by atoms with Crippen LogP contribution in [-0.2, 0) is 11.3 Å². The van der Waals surface area contributed by atoms with E-state index in [1.165, 1.54) is 6.07 Å². The van der Waals surface area contributed by atoms with E-state index in [0.717, 1.165) is 18.4 Å². The average Bonchev–Trinajstić information content (AvgIpc) is 2.57. The maximum Gasteiger partial charge on any atom is 0.346 e. The van der Waals surface area contributed by atoms with Crippen molar-refractivity contribution in [2.24, 2.45) is 5.73 Å². The van der Waals surface area contributed by atoms with Gasteiger partial charge >= 0.3 is 5.97 Å². The number of rotatable bonds is 8. The summed E-state index contributed by atoms with van der Waals surface area (Å²) < 4.78 is 10.8. The molecule has 0 atom stereocenters. The van der Waals surface area contributed by atoms with Gasteiger partial charge in [-0.25, -0.2) is 4.79 Å². The molecule has 2 aromatic rings. The van der Waals surface area contributed by atoms with Crippen molar-refractivity contribution >= 4 is 5.97 Å². The summed E-state index contributed by atoms with van der Waals surface area (Å²) in [7, 11) is 0. The Kier molecular flexibility index (Phi) is 6.44. The number of hydrogen-bond donors (Lipinski definition) is 2. The highest BCUT2D eigenvalue weighted by atomic mass is 16.5. The molecule has 0 spiro atoms. The lowest BCUT2D eigenvalue weighted by Crippen LogP contribution is -2.10. The van der Waals surface area contributed by atoms with Crippen LogP contribution in [0.5, 0.6) is 11.5 Å². The van der Waals surface area contributed by atoms with Gasteiger partial charge in [0.2, 0.25) is 0 Å². The number of hydrogen-bond acceptors (Lipinski definition) is 5. The van der Waals surface area contributed by atoms with Crippen molar-refractivity contribution in [3.8, 4) is 11.5 Å². The Morgan fingerprint density at radius 3 is 2.57 bits per heavy atom. The minimum Gasteiger partial charge on any atom is -0.507 e. The van der Waals surface area contributed by atoms with Crippen molar-refractivity contribution in [2.45, 2.75) is 19.4 Å². The van der Waals surface area contributed by atoms with Crippen LogP contribution in [0.25, 0.3) is 0 Å². The molecule has 0 aliphatic heterocycles. The van der Waals surface area contributed by atoms with Crippen LogP contribution in [0.3, 0.4) is 0 Å². The molecule has 23 heavy (non-hydrogen) atoms. The lowest BCUT2D eigenvalue weighted by atomic mass is 10.1. The van der Waals surface area contributed by atoms with Crippen molar-refractivity contribution < 1.29 is 19.4 Å². The zero-order chi connectivity index (χ0) is 16.5. The summed E-state index contributed by atoms with van der Waals surface area (Å²) in [6.45, 7) is 1.16. The van der Waals surface area contributed by atoms with Crippen LogP contribution >= 0.6 is 0 Å². The minimum absolute atomic E-state index is 0.0520. The molecule has 0 fully saturated rings. The van der Waals surface area contributed by atoms with Crippen LogP contribution in [0, 0.1) is 0 Å². The molecule has 0 heterocycles. The van der Waals surface area contributed by atoms with Crippen molar-refractivity contribution in [3.63, 3.8) is 0 Å². The van der Waals surface area contributed by atoms with Crippen LogP contribution in [0.1, 0.15) is 28.8 Å². The molecule has 0 saturated heterocycles. The summed E-state index contributed by atoms with van der Waals surface area (Å²) in [5.41, 5.74) is 6.36. The first-order chi connectivity index (χ1) is 11.2. The van der Waals surface area contributed by atoms with Crippen LogP contribution in [-0.4, -0.2) is 24.2 Å². The summed E-state index contributed by atoms with van der Waals surface area (Å²) in [4.78, 5) is 12.3. The molecular weight excluding hydrogens is 294 g/mol. The van der Waals surface area contributed by atoms with Gasteiger partial charge < -0.3 is 20.3 Å². The van der Waals surface area contributed by atoms with Crippen molar-refractivity contribution in [1.29, 1.82) is 0 Å². The Bertz CT molecular complexity index is 628. The average molecular weight is 315 g/mol. The number of phenols is 1. The number of carbonyl (C=O) groups excluding carboxylic acids is 1. The molecule has 0 aromatic heterocycles. The zero-order valence-corrected chi connectivity index (χ0v) is 12.9. The highest BCUT2D eigenvalue weighted by Gasteiger charge is 2.19. The third kappa shape index (κ3) is 5.00. The molecule has 5 heteroatoms. The molecule has 0 saturated carbocycles. The van der Waals surface area contributed by atoms with Gasteiger partial charge in [0.1, 0.15) is 23.7 Å². The largest absolute Gasteiger partial charge is 0.507 e. The normalized spacial score (nSPS) is 10.3. The van der Waals surface area contributed by atoms with Crippen molar-refractivity contribution in [2.75, 3.05) is 13.2 Å². The predicted octanol–water partition coefficient (Wildman–Crippen LogP) is 2.87. The second-order valence-electron chi connectivity index (χ2n) is 5.06. The predicted molar refractivity (Wildman–Crippen MR) is 87.5 cm³/mol. The highest BCUT2D eigenvalue weighted by Crippen LogP contribution is 2.28. The quantitative estimate of drug-likeness (QED) is 0.578. The molecule has 0 aliphatic carbocycles. The van der Waals surface area contributed by atoms with E-state index < -0.39 is 5.97 Å². The van der Waals surface area contributed by atoms with Gasteiger partial charge in [-0.05, 0) is 37.1 Å². The van der Waals surface area contributed by atoms with Crippen molar-refractivity contribution in [1.82, 2.24) is 0 Å². The van der Waals surface area contributed by atoms with Gasteiger partial charge in [0.25, 0.3) is 0 Å². The molecule has 3 N–H and O–H groups in total.